The van der Waals surface area contributed by atoms with Gasteiger partial charge in [-0.05, 0) is 19.3 Å². The highest BCUT2D eigenvalue weighted by molar-refractivity contribution is 5.80. The Bertz CT molecular complexity index is 332. The van der Waals surface area contributed by atoms with Crippen molar-refractivity contribution in [3.05, 3.63) is 0 Å². The summed E-state index contributed by atoms with van der Waals surface area (Å²) in [6.07, 6.45) is -6.56. The summed E-state index contributed by atoms with van der Waals surface area (Å²) in [5.74, 6) is -2.84. The quantitative estimate of drug-likeness (QED) is 0.694. The molecule has 0 radical (unpaired) electrons. The molecule has 0 aromatic heterocycles. The fourth-order valence-corrected chi connectivity index (χ4v) is 1.90. The summed E-state index contributed by atoms with van der Waals surface area (Å²) in [5.41, 5.74) is 0. The number of aliphatic hydroxyl groups is 1. The van der Waals surface area contributed by atoms with Gasteiger partial charge in [-0.1, -0.05) is 0 Å². The van der Waals surface area contributed by atoms with Crippen molar-refractivity contribution in [2.75, 3.05) is 6.54 Å². The lowest BCUT2D eigenvalue weighted by atomic mass is 10.0. The molecule has 1 fully saturated rings. The number of amides is 1. The molecule has 1 aliphatic rings. The predicted octanol–water partition coefficient (Wildman–Crippen LogP) is 0.527. The minimum absolute atomic E-state index is 0.128. The van der Waals surface area contributed by atoms with Crippen molar-refractivity contribution >= 4 is 11.9 Å². The SMILES string of the molecule is O=C(O)C1CCC(C(=O)NCC(O)C(F)(F)F)C1. The molecule has 1 saturated carbocycles. The minimum Gasteiger partial charge on any atom is -0.481 e. The lowest BCUT2D eigenvalue weighted by Crippen LogP contribution is -2.42. The number of aliphatic hydroxyl groups excluding tert-OH is 1. The number of carboxylic acids is 1. The molecular weight excluding hydrogens is 255 g/mol. The van der Waals surface area contributed by atoms with Crippen molar-refractivity contribution < 1.29 is 33.0 Å². The molecule has 1 rings (SSSR count). The van der Waals surface area contributed by atoms with Gasteiger partial charge in [-0.3, -0.25) is 9.59 Å². The van der Waals surface area contributed by atoms with Gasteiger partial charge in [-0.2, -0.15) is 13.2 Å². The van der Waals surface area contributed by atoms with Crippen LogP contribution in [0.15, 0.2) is 0 Å². The number of carbonyl (C=O) groups excluding carboxylic acids is 1. The van der Waals surface area contributed by atoms with Crippen LogP contribution in [0.1, 0.15) is 19.3 Å². The van der Waals surface area contributed by atoms with E-state index in [4.69, 9.17) is 10.2 Å². The Balaban J connectivity index is 2.37. The van der Waals surface area contributed by atoms with Crippen molar-refractivity contribution in [3.8, 4) is 0 Å². The number of aliphatic carboxylic acids is 1. The number of alkyl halides is 3. The molecule has 3 atom stereocenters. The average Bonchev–Trinajstić information content (AvgIpc) is 2.73. The van der Waals surface area contributed by atoms with Crippen LogP contribution in [0.25, 0.3) is 0 Å². The summed E-state index contributed by atoms with van der Waals surface area (Å²) in [5, 5.41) is 19.4. The highest BCUT2D eigenvalue weighted by Crippen LogP contribution is 2.31. The maximum absolute atomic E-state index is 12.0. The molecule has 0 aromatic rings. The van der Waals surface area contributed by atoms with Gasteiger partial charge in [-0.15, -0.1) is 0 Å². The molecule has 0 aromatic carbocycles. The van der Waals surface area contributed by atoms with Crippen LogP contribution in [0.2, 0.25) is 0 Å². The van der Waals surface area contributed by atoms with Gasteiger partial charge in [0.05, 0.1) is 12.5 Å². The number of rotatable bonds is 4. The van der Waals surface area contributed by atoms with Crippen molar-refractivity contribution in [2.45, 2.75) is 31.5 Å². The lowest BCUT2D eigenvalue weighted by molar-refractivity contribution is -0.202. The number of carbonyl (C=O) groups is 2. The second-order valence-electron chi connectivity index (χ2n) is 4.35. The maximum Gasteiger partial charge on any atom is 0.416 e. The first kappa shape index (κ1) is 14.7. The summed E-state index contributed by atoms with van der Waals surface area (Å²) >= 11 is 0. The molecule has 3 N–H and O–H groups in total. The third kappa shape index (κ3) is 3.86. The van der Waals surface area contributed by atoms with E-state index >= 15 is 0 Å². The molecule has 1 amide bonds. The van der Waals surface area contributed by atoms with Crippen molar-refractivity contribution in [3.63, 3.8) is 0 Å². The fraction of sp³-hybridized carbons (Fsp3) is 0.800. The third-order valence-corrected chi connectivity index (χ3v) is 3.00. The van der Waals surface area contributed by atoms with Crippen LogP contribution in [-0.4, -0.2) is 40.9 Å². The smallest absolute Gasteiger partial charge is 0.416 e. The highest BCUT2D eigenvalue weighted by Gasteiger charge is 2.39. The van der Waals surface area contributed by atoms with Gasteiger partial charge in [-0.25, -0.2) is 0 Å². The molecule has 8 heteroatoms. The van der Waals surface area contributed by atoms with Gasteiger partial charge in [0, 0.05) is 5.92 Å². The molecule has 0 spiro atoms. The van der Waals surface area contributed by atoms with E-state index in [9.17, 15) is 22.8 Å². The summed E-state index contributed by atoms with van der Waals surface area (Å²) in [7, 11) is 0. The van der Waals surface area contributed by atoms with Crippen LogP contribution in [0, 0.1) is 11.8 Å². The summed E-state index contributed by atoms with van der Waals surface area (Å²) in [6, 6.07) is 0. The van der Waals surface area contributed by atoms with Crippen LogP contribution in [0.3, 0.4) is 0 Å². The van der Waals surface area contributed by atoms with E-state index in [1.165, 1.54) is 0 Å². The number of halogens is 3. The van der Waals surface area contributed by atoms with E-state index in [1.54, 1.807) is 0 Å². The Kier molecular flexibility index (Phi) is 4.55. The number of nitrogens with one attached hydrogen (secondary N) is 1. The van der Waals surface area contributed by atoms with E-state index in [1.807, 2.05) is 5.32 Å². The van der Waals surface area contributed by atoms with E-state index in [0.717, 1.165) is 0 Å². The number of hydrogen-bond acceptors (Lipinski definition) is 3. The fourth-order valence-electron chi connectivity index (χ4n) is 1.90. The van der Waals surface area contributed by atoms with E-state index in [2.05, 4.69) is 0 Å². The van der Waals surface area contributed by atoms with Gasteiger partial charge >= 0.3 is 12.1 Å². The molecule has 18 heavy (non-hydrogen) atoms. The van der Waals surface area contributed by atoms with Crippen LogP contribution < -0.4 is 5.32 Å². The average molecular weight is 269 g/mol. The monoisotopic (exact) mass is 269 g/mol. The van der Waals surface area contributed by atoms with Crippen molar-refractivity contribution in [2.24, 2.45) is 11.8 Å². The molecule has 3 unspecified atom stereocenters. The second kappa shape index (κ2) is 5.55. The van der Waals surface area contributed by atoms with E-state index in [-0.39, 0.29) is 6.42 Å². The van der Waals surface area contributed by atoms with Gasteiger partial charge in [0.25, 0.3) is 0 Å². The Labute approximate surface area is 101 Å². The van der Waals surface area contributed by atoms with Crippen molar-refractivity contribution in [1.29, 1.82) is 0 Å². The first-order chi connectivity index (χ1) is 8.21. The zero-order valence-electron chi connectivity index (χ0n) is 9.41. The number of carboxylic acid groups (broad SMARTS) is 1. The Morgan fingerprint density at radius 2 is 1.83 bits per heavy atom. The molecule has 5 nitrogen and oxygen atoms in total. The summed E-state index contributed by atoms with van der Waals surface area (Å²) in [4.78, 5) is 22.1. The van der Waals surface area contributed by atoms with E-state index < -0.39 is 42.5 Å². The molecule has 0 saturated heterocycles. The van der Waals surface area contributed by atoms with E-state index in [0.29, 0.717) is 12.8 Å². The first-order valence-corrected chi connectivity index (χ1v) is 5.47. The molecule has 104 valence electrons. The molecule has 0 aliphatic heterocycles. The number of hydrogen-bond donors (Lipinski definition) is 3. The van der Waals surface area contributed by atoms with Gasteiger partial charge < -0.3 is 15.5 Å². The van der Waals surface area contributed by atoms with Crippen molar-refractivity contribution in [1.82, 2.24) is 5.32 Å². The largest absolute Gasteiger partial charge is 0.481 e. The Morgan fingerprint density at radius 1 is 1.28 bits per heavy atom. The van der Waals surface area contributed by atoms with Crippen LogP contribution >= 0.6 is 0 Å². The predicted molar refractivity (Wildman–Crippen MR) is 53.5 cm³/mol. The second-order valence-corrected chi connectivity index (χ2v) is 4.35. The molecule has 0 heterocycles. The van der Waals surface area contributed by atoms with Gasteiger partial charge in [0.15, 0.2) is 6.10 Å². The first-order valence-electron chi connectivity index (χ1n) is 5.47. The van der Waals surface area contributed by atoms with Crippen LogP contribution in [0.5, 0.6) is 0 Å². The Morgan fingerprint density at radius 3 is 2.28 bits per heavy atom. The molecular formula is C10H14F3NO4. The van der Waals surface area contributed by atoms with Gasteiger partial charge in [0.1, 0.15) is 0 Å². The molecule has 1 aliphatic carbocycles. The third-order valence-electron chi connectivity index (χ3n) is 3.00. The zero-order valence-corrected chi connectivity index (χ0v) is 9.41. The highest BCUT2D eigenvalue weighted by atomic mass is 19.4. The minimum atomic E-state index is -4.77. The standard InChI is InChI=1S/C10H14F3NO4/c11-10(12,13)7(15)4-14-8(16)5-1-2-6(3-5)9(17)18/h5-7,15H,1-4H2,(H,14,16)(H,17,18). The zero-order chi connectivity index (χ0) is 13.9. The Hall–Kier alpha value is -1.31. The lowest BCUT2D eigenvalue weighted by Gasteiger charge is -2.16. The summed E-state index contributed by atoms with van der Waals surface area (Å²) in [6.45, 7) is -0.906. The maximum atomic E-state index is 12.0. The van der Waals surface area contributed by atoms with Gasteiger partial charge in [0.2, 0.25) is 5.91 Å². The summed E-state index contributed by atoms with van der Waals surface area (Å²) < 4.78 is 35.9. The topological polar surface area (TPSA) is 86.6 Å². The normalized spacial score (nSPS) is 25.8. The van der Waals surface area contributed by atoms with Crippen LogP contribution in [-0.2, 0) is 9.59 Å². The molecule has 0 bridgehead atoms. The van der Waals surface area contributed by atoms with Crippen LogP contribution in [0.4, 0.5) is 13.2 Å².